The monoisotopic (exact) mass is 313 g/mol. The number of nitrogens with zero attached hydrogens (tertiary/aromatic N) is 2. The smallest absolute Gasteiger partial charge is 0.321 e. The van der Waals surface area contributed by atoms with Crippen molar-refractivity contribution in [1.82, 2.24) is 9.78 Å². The molecule has 0 saturated carbocycles. The van der Waals surface area contributed by atoms with Crippen LogP contribution < -0.4 is 5.32 Å². The third-order valence-corrected chi connectivity index (χ3v) is 3.34. The van der Waals surface area contributed by atoms with Gasteiger partial charge in [-0.2, -0.15) is 18.6 Å². The maximum Gasteiger partial charge on any atom is 0.333 e. The van der Waals surface area contributed by atoms with E-state index in [0.29, 0.717) is 10.4 Å². The van der Waals surface area contributed by atoms with E-state index in [4.69, 9.17) is 0 Å². The molecule has 1 aromatic heterocycles. The molecule has 0 aliphatic carbocycles. The van der Waals surface area contributed by atoms with E-state index in [9.17, 15) is 13.6 Å². The first-order chi connectivity index (χ1) is 11.1. The molecule has 0 spiro atoms. The molecule has 0 aliphatic rings. The molecule has 1 amide bonds. The summed E-state index contributed by atoms with van der Waals surface area (Å²) in [6.45, 7) is -2.86. The largest absolute Gasteiger partial charge is 0.333 e. The van der Waals surface area contributed by atoms with Crippen molar-refractivity contribution in [1.29, 1.82) is 0 Å². The summed E-state index contributed by atoms with van der Waals surface area (Å²) in [5, 5.41) is 6.02. The molecule has 23 heavy (non-hydrogen) atoms. The molecule has 0 radical (unpaired) electrons. The van der Waals surface area contributed by atoms with E-state index in [-0.39, 0.29) is 5.69 Å². The fraction of sp³-hybridized carbons (Fsp3) is 0.0588. The minimum Gasteiger partial charge on any atom is -0.321 e. The van der Waals surface area contributed by atoms with Gasteiger partial charge in [-0.1, -0.05) is 42.5 Å². The standard InChI is InChI=1S/C17H13F2N3O/c18-17(19)22-15(10-11-20-22)16(23)21-14-8-6-13(7-9-14)12-4-2-1-3-5-12/h1-11,17H,(H,21,23). The zero-order chi connectivity index (χ0) is 16.2. The second kappa shape index (κ2) is 6.39. The van der Waals surface area contributed by atoms with Crippen LogP contribution in [0.1, 0.15) is 17.0 Å². The fourth-order valence-electron chi connectivity index (χ4n) is 2.22. The first-order valence-corrected chi connectivity index (χ1v) is 6.93. The van der Waals surface area contributed by atoms with Gasteiger partial charge in [0, 0.05) is 11.9 Å². The zero-order valence-electron chi connectivity index (χ0n) is 12.0. The Morgan fingerprint density at radius 3 is 2.26 bits per heavy atom. The van der Waals surface area contributed by atoms with Gasteiger partial charge in [0.2, 0.25) is 0 Å². The van der Waals surface area contributed by atoms with Crippen LogP contribution in [0.4, 0.5) is 14.5 Å². The summed E-state index contributed by atoms with van der Waals surface area (Å²) in [4.78, 5) is 12.1. The van der Waals surface area contributed by atoms with Crippen molar-refractivity contribution in [3.63, 3.8) is 0 Å². The summed E-state index contributed by atoms with van der Waals surface area (Å²) in [5.41, 5.74) is 2.39. The van der Waals surface area contributed by atoms with Crippen LogP contribution in [-0.4, -0.2) is 15.7 Å². The maximum atomic E-state index is 12.7. The normalized spacial score (nSPS) is 10.7. The topological polar surface area (TPSA) is 46.9 Å². The number of carbonyl (C=O) groups excluding carboxylic acids is 1. The SMILES string of the molecule is O=C(Nc1ccc(-c2ccccc2)cc1)c1ccnn1C(F)F. The molecular weight excluding hydrogens is 300 g/mol. The Hall–Kier alpha value is -3.02. The van der Waals surface area contributed by atoms with Crippen LogP contribution in [0.3, 0.4) is 0 Å². The lowest BCUT2D eigenvalue weighted by Gasteiger charge is -2.08. The molecule has 0 unspecified atom stereocenters. The average molecular weight is 313 g/mol. The van der Waals surface area contributed by atoms with Crippen molar-refractivity contribution in [2.75, 3.05) is 5.32 Å². The molecule has 116 valence electrons. The Balaban J connectivity index is 1.76. The van der Waals surface area contributed by atoms with Gasteiger partial charge in [0.25, 0.3) is 5.91 Å². The summed E-state index contributed by atoms with van der Waals surface area (Å²) < 4.78 is 25.8. The van der Waals surface area contributed by atoms with Gasteiger partial charge in [0.05, 0.1) is 0 Å². The van der Waals surface area contributed by atoms with E-state index < -0.39 is 12.5 Å². The van der Waals surface area contributed by atoms with Crippen LogP contribution in [0.2, 0.25) is 0 Å². The van der Waals surface area contributed by atoms with Crippen molar-refractivity contribution >= 4 is 11.6 Å². The summed E-state index contributed by atoms with van der Waals surface area (Å²) in [7, 11) is 0. The van der Waals surface area contributed by atoms with Crippen LogP contribution in [0, 0.1) is 0 Å². The van der Waals surface area contributed by atoms with Crippen LogP contribution >= 0.6 is 0 Å². The van der Waals surface area contributed by atoms with Crippen molar-refractivity contribution in [2.45, 2.75) is 6.55 Å². The van der Waals surface area contributed by atoms with Crippen LogP contribution in [-0.2, 0) is 0 Å². The first-order valence-electron chi connectivity index (χ1n) is 6.93. The van der Waals surface area contributed by atoms with Gasteiger partial charge in [-0.25, -0.2) is 0 Å². The van der Waals surface area contributed by atoms with Crippen LogP contribution in [0.25, 0.3) is 11.1 Å². The van der Waals surface area contributed by atoms with Gasteiger partial charge in [0.15, 0.2) is 0 Å². The predicted octanol–water partition coefficient (Wildman–Crippen LogP) is 4.20. The van der Waals surface area contributed by atoms with Crippen molar-refractivity contribution in [2.24, 2.45) is 0 Å². The lowest BCUT2D eigenvalue weighted by Crippen LogP contribution is -2.18. The summed E-state index contributed by atoms with van der Waals surface area (Å²) in [5.74, 6) is -0.629. The number of rotatable bonds is 4. The minimum atomic E-state index is -2.86. The van der Waals surface area contributed by atoms with Crippen LogP contribution in [0.5, 0.6) is 0 Å². The number of benzene rings is 2. The van der Waals surface area contributed by atoms with Crippen molar-refractivity contribution < 1.29 is 13.6 Å². The molecule has 0 saturated heterocycles. The molecule has 6 heteroatoms. The van der Waals surface area contributed by atoms with Gasteiger partial charge in [-0.15, -0.1) is 0 Å². The third-order valence-electron chi connectivity index (χ3n) is 3.34. The Labute approximate surface area is 131 Å². The van der Waals surface area contributed by atoms with E-state index in [1.807, 2.05) is 42.5 Å². The number of hydrogen-bond donors (Lipinski definition) is 1. The molecule has 4 nitrogen and oxygen atoms in total. The molecule has 3 rings (SSSR count). The summed E-state index contributed by atoms with van der Waals surface area (Å²) in [6.07, 6.45) is 1.17. The highest BCUT2D eigenvalue weighted by Gasteiger charge is 2.17. The van der Waals surface area contributed by atoms with Gasteiger partial charge in [-0.3, -0.25) is 4.79 Å². The number of alkyl halides is 2. The highest BCUT2D eigenvalue weighted by Crippen LogP contribution is 2.21. The number of anilines is 1. The molecular formula is C17H13F2N3O. The highest BCUT2D eigenvalue weighted by atomic mass is 19.3. The third kappa shape index (κ3) is 3.26. The van der Waals surface area contributed by atoms with Crippen LogP contribution in [0.15, 0.2) is 66.9 Å². The van der Waals surface area contributed by atoms with Gasteiger partial charge >= 0.3 is 6.55 Å². The highest BCUT2D eigenvalue weighted by molar-refractivity contribution is 6.03. The molecule has 0 aliphatic heterocycles. The van der Waals surface area contributed by atoms with E-state index >= 15 is 0 Å². The molecule has 0 bridgehead atoms. The van der Waals surface area contributed by atoms with E-state index in [0.717, 1.165) is 11.1 Å². The second-order valence-corrected chi connectivity index (χ2v) is 4.84. The Kier molecular flexibility index (Phi) is 4.14. The van der Waals surface area contributed by atoms with Gasteiger partial charge in [0.1, 0.15) is 5.69 Å². The number of carbonyl (C=O) groups is 1. The predicted molar refractivity (Wildman–Crippen MR) is 83.3 cm³/mol. The quantitative estimate of drug-likeness (QED) is 0.785. The first kappa shape index (κ1) is 14.9. The molecule has 1 N–H and O–H groups in total. The lowest BCUT2D eigenvalue weighted by molar-refractivity contribution is 0.0520. The number of nitrogens with one attached hydrogen (secondary N) is 1. The Morgan fingerprint density at radius 2 is 1.61 bits per heavy atom. The summed E-state index contributed by atoms with van der Waals surface area (Å²) >= 11 is 0. The van der Waals surface area contributed by atoms with E-state index in [1.165, 1.54) is 12.3 Å². The number of amides is 1. The fourth-order valence-corrected chi connectivity index (χ4v) is 2.22. The Bertz CT molecular complexity index is 798. The number of hydrogen-bond acceptors (Lipinski definition) is 2. The zero-order valence-corrected chi connectivity index (χ0v) is 12.0. The average Bonchev–Trinajstić information content (AvgIpc) is 3.06. The van der Waals surface area contributed by atoms with Gasteiger partial charge in [-0.05, 0) is 29.3 Å². The molecule has 0 fully saturated rings. The molecule has 3 aromatic rings. The molecule has 1 heterocycles. The number of halogens is 2. The summed E-state index contributed by atoms with van der Waals surface area (Å²) in [6, 6.07) is 18.2. The van der Waals surface area contributed by atoms with E-state index in [1.54, 1.807) is 12.1 Å². The minimum absolute atomic E-state index is 0.188. The molecule has 0 atom stereocenters. The second-order valence-electron chi connectivity index (χ2n) is 4.84. The molecule has 2 aromatic carbocycles. The van der Waals surface area contributed by atoms with E-state index in [2.05, 4.69) is 10.4 Å². The lowest BCUT2D eigenvalue weighted by atomic mass is 10.1. The number of aromatic nitrogens is 2. The van der Waals surface area contributed by atoms with Crippen molar-refractivity contribution in [3.8, 4) is 11.1 Å². The van der Waals surface area contributed by atoms with Gasteiger partial charge < -0.3 is 5.32 Å². The Morgan fingerprint density at radius 1 is 0.957 bits per heavy atom. The maximum absolute atomic E-state index is 12.7. The van der Waals surface area contributed by atoms with Crippen molar-refractivity contribution in [3.05, 3.63) is 72.6 Å².